The first kappa shape index (κ1) is 21.7. The second-order valence-electron chi connectivity index (χ2n) is 6.72. The summed E-state index contributed by atoms with van der Waals surface area (Å²) in [5.41, 5.74) is 8.64. The van der Waals surface area contributed by atoms with Crippen molar-refractivity contribution in [2.75, 3.05) is 27.0 Å². The summed E-state index contributed by atoms with van der Waals surface area (Å²) in [5, 5.41) is 0. The fourth-order valence-corrected chi connectivity index (χ4v) is 4.07. The highest BCUT2D eigenvalue weighted by Crippen LogP contribution is 2.34. The third-order valence-electron chi connectivity index (χ3n) is 4.58. The van der Waals surface area contributed by atoms with Crippen LogP contribution in [0.2, 0.25) is 0 Å². The average molecular weight is 434 g/mol. The summed E-state index contributed by atoms with van der Waals surface area (Å²) < 4.78 is 33.5. The van der Waals surface area contributed by atoms with Crippen LogP contribution in [-0.2, 0) is 21.4 Å². The number of nitrogens with two attached hydrogens (primary N) is 1. The zero-order valence-electron chi connectivity index (χ0n) is 17.0. The predicted octanol–water partition coefficient (Wildman–Crippen LogP) is 1.60. The van der Waals surface area contributed by atoms with Gasteiger partial charge in [-0.05, 0) is 37.3 Å². The molecule has 1 unspecified atom stereocenters. The van der Waals surface area contributed by atoms with Crippen LogP contribution in [0.25, 0.3) is 0 Å². The number of guanidine groups is 1. The van der Waals surface area contributed by atoms with Crippen LogP contribution < -0.4 is 16.0 Å². The van der Waals surface area contributed by atoms with Crippen molar-refractivity contribution in [2.24, 2.45) is 15.7 Å². The highest BCUT2D eigenvalue weighted by atomic mass is 32.2. The lowest BCUT2D eigenvalue weighted by atomic mass is 9.93. The van der Waals surface area contributed by atoms with E-state index in [1.54, 1.807) is 45.5 Å². The molecular formula is C19H23FN6O3S. The Morgan fingerprint density at radius 1 is 1.37 bits per heavy atom. The Balaban J connectivity index is 2.03. The molecule has 0 fully saturated rings. The van der Waals surface area contributed by atoms with Crippen LogP contribution in [0.15, 0.2) is 46.5 Å². The maximum atomic E-state index is 14.7. The van der Waals surface area contributed by atoms with E-state index in [9.17, 15) is 8.60 Å². The molecule has 3 N–H and O–H groups in total. The number of hydrogen-bond acceptors (Lipinski definition) is 7. The number of rotatable bonds is 5. The van der Waals surface area contributed by atoms with E-state index in [-0.39, 0.29) is 17.3 Å². The van der Waals surface area contributed by atoms with E-state index in [1.807, 2.05) is 0 Å². The summed E-state index contributed by atoms with van der Waals surface area (Å²) in [6.07, 6.45) is 1.55. The van der Waals surface area contributed by atoms with Gasteiger partial charge < -0.3 is 10.5 Å². The molecular weight excluding hydrogens is 411 g/mol. The number of amidine groups is 1. The first-order valence-corrected chi connectivity index (χ1v) is 10.2. The highest BCUT2D eigenvalue weighted by Gasteiger charge is 2.37. The standard InChI is InChI=1S/C19H23FN6O3S/c1-19(11-30(27)26(2)18(21)24-19)14-9-12(5-7-15(14)20)23-17(25-29-4)16-8-6-13(28-3)10-22-16/h5-10H,11H2,1-4H3,(H2,21,24)(H,23,25)/t19-,30?/m0/s1. The topological polar surface area (TPSA) is 114 Å². The minimum Gasteiger partial charge on any atom is -0.495 e. The molecule has 1 aliphatic heterocycles. The molecule has 0 spiro atoms. The Hall–Kier alpha value is -3.05. The van der Waals surface area contributed by atoms with Gasteiger partial charge in [0.25, 0.3) is 0 Å². The first-order valence-electron chi connectivity index (χ1n) is 8.93. The number of benzene rings is 1. The smallest absolute Gasteiger partial charge is 0.204 e. The SMILES string of the molecule is CONC(=Nc1ccc(F)c([C@]2(C)CS(=O)N(C)C(N)=N2)c1)c1ccc(OC)cn1. The number of aliphatic imine (C=N–C) groups is 2. The maximum Gasteiger partial charge on any atom is 0.204 e. The van der Waals surface area contributed by atoms with Crippen molar-refractivity contribution in [3.8, 4) is 5.75 Å². The van der Waals surface area contributed by atoms with Crippen LogP contribution in [0.4, 0.5) is 10.1 Å². The van der Waals surface area contributed by atoms with Crippen LogP contribution in [0.3, 0.4) is 0 Å². The van der Waals surface area contributed by atoms with Gasteiger partial charge in [0.1, 0.15) is 33.8 Å². The number of hydrogen-bond donors (Lipinski definition) is 2. The molecule has 2 heterocycles. The van der Waals surface area contributed by atoms with Crippen LogP contribution in [0.1, 0.15) is 18.2 Å². The molecule has 2 aromatic rings. The number of hydroxylamine groups is 1. The second kappa shape index (κ2) is 8.76. The van der Waals surface area contributed by atoms with Crippen LogP contribution in [0.5, 0.6) is 5.75 Å². The molecule has 0 saturated carbocycles. The largest absolute Gasteiger partial charge is 0.495 e. The van der Waals surface area contributed by atoms with Gasteiger partial charge in [-0.3, -0.25) is 9.14 Å². The Labute approximate surface area is 176 Å². The lowest BCUT2D eigenvalue weighted by Crippen LogP contribution is -2.47. The van der Waals surface area contributed by atoms with E-state index in [4.69, 9.17) is 15.3 Å². The summed E-state index contributed by atoms with van der Waals surface area (Å²) in [6.45, 7) is 1.69. The van der Waals surface area contributed by atoms with Gasteiger partial charge in [-0.15, -0.1) is 0 Å². The summed E-state index contributed by atoms with van der Waals surface area (Å²) >= 11 is 0. The molecule has 3 rings (SSSR count). The number of halogens is 1. The zero-order valence-corrected chi connectivity index (χ0v) is 17.9. The fraction of sp³-hybridized carbons (Fsp3) is 0.316. The Bertz CT molecular complexity index is 1010. The molecule has 0 amide bonds. The van der Waals surface area contributed by atoms with Crippen molar-refractivity contribution in [3.05, 3.63) is 53.6 Å². The molecule has 9 nitrogen and oxygen atoms in total. The van der Waals surface area contributed by atoms with Crippen molar-refractivity contribution in [1.82, 2.24) is 14.8 Å². The third-order valence-corrected chi connectivity index (χ3v) is 6.19. The number of aromatic nitrogens is 1. The molecule has 0 saturated heterocycles. The Morgan fingerprint density at radius 3 is 2.73 bits per heavy atom. The predicted molar refractivity (Wildman–Crippen MR) is 113 cm³/mol. The van der Waals surface area contributed by atoms with Gasteiger partial charge in [0.2, 0.25) is 5.96 Å². The Morgan fingerprint density at radius 2 is 2.13 bits per heavy atom. The summed E-state index contributed by atoms with van der Waals surface area (Å²) in [7, 11) is 3.15. The lowest BCUT2D eigenvalue weighted by Gasteiger charge is -2.34. The first-order chi connectivity index (χ1) is 14.3. The van der Waals surface area contributed by atoms with Gasteiger partial charge in [-0.25, -0.2) is 29.0 Å². The van der Waals surface area contributed by atoms with E-state index in [2.05, 4.69) is 20.4 Å². The number of pyridine rings is 1. The van der Waals surface area contributed by atoms with Crippen molar-refractivity contribution in [1.29, 1.82) is 0 Å². The molecule has 30 heavy (non-hydrogen) atoms. The second-order valence-corrected chi connectivity index (χ2v) is 8.20. The van der Waals surface area contributed by atoms with Gasteiger partial charge in [-0.1, -0.05) is 0 Å². The molecule has 1 aliphatic rings. The monoisotopic (exact) mass is 434 g/mol. The van der Waals surface area contributed by atoms with E-state index in [0.717, 1.165) is 0 Å². The minimum atomic E-state index is -1.43. The number of ether oxygens (including phenoxy) is 1. The van der Waals surface area contributed by atoms with Gasteiger partial charge in [0.15, 0.2) is 5.84 Å². The molecule has 160 valence electrons. The minimum absolute atomic E-state index is 0.0829. The maximum absolute atomic E-state index is 14.7. The fourth-order valence-electron chi connectivity index (χ4n) is 2.93. The molecule has 1 aromatic carbocycles. The normalized spacial score (nSPS) is 21.9. The molecule has 0 radical (unpaired) electrons. The quantitative estimate of drug-likeness (QED) is 0.420. The van der Waals surface area contributed by atoms with Crippen molar-refractivity contribution >= 4 is 28.5 Å². The van der Waals surface area contributed by atoms with Crippen molar-refractivity contribution in [2.45, 2.75) is 12.5 Å². The lowest BCUT2D eigenvalue weighted by molar-refractivity contribution is 0.145. The number of methoxy groups -OCH3 is 1. The summed E-state index contributed by atoms with van der Waals surface area (Å²) in [5.74, 6) is 0.603. The van der Waals surface area contributed by atoms with Crippen molar-refractivity contribution in [3.63, 3.8) is 0 Å². The van der Waals surface area contributed by atoms with E-state index in [1.165, 1.54) is 23.5 Å². The molecule has 0 aliphatic carbocycles. The molecule has 0 bridgehead atoms. The van der Waals surface area contributed by atoms with E-state index < -0.39 is 22.3 Å². The van der Waals surface area contributed by atoms with Crippen LogP contribution >= 0.6 is 0 Å². The van der Waals surface area contributed by atoms with Crippen LogP contribution in [-0.4, -0.2) is 52.3 Å². The summed E-state index contributed by atoms with van der Waals surface area (Å²) in [4.78, 5) is 18.2. The number of nitrogens with zero attached hydrogens (tertiary/aromatic N) is 4. The summed E-state index contributed by atoms with van der Waals surface area (Å²) in [6, 6.07) is 7.80. The van der Waals surface area contributed by atoms with Gasteiger partial charge in [0.05, 0.1) is 31.9 Å². The van der Waals surface area contributed by atoms with Gasteiger partial charge in [0, 0.05) is 12.6 Å². The van der Waals surface area contributed by atoms with Crippen molar-refractivity contribution < 1.29 is 18.2 Å². The van der Waals surface area contributed by atoms with E-state index in [0.29, 0.717) is 23.0 Å². The highest BCUT2D eigenvalue weighted by molar-refractivity contribution is 7.83. The zero-order chi connectivity index (χ0) is 21.9. The molecule has 2 atom stereocenters. The molecule has 11 heteroatoms. The number of nitrogens with one attached hydrogen (secondary N) is 1. The van der Waals surface area contributed by atoms with Gasteiger partial charge in [-0.2, -0.15) is 0 Å². The average Bonchev–Trinajstić information content (AvgIpc) is 2.73. The molecule has 1 aromatic heterocycles. The van der Waals surface area contributed by atoms with Crippen LogP contribution in [0, 0.1) is 5.82 Å². The third kappa shape index (κ3) is 4.41. The van der Waals surface area contributed by atoms with E-state index >= 15 is 0 Å². The van der Waals surface area contributed by atoms with Gasteiger partial charge >= 0.3 is 0 Å². The Kier molecular flexibility index (Phi) is 6.32.